The standard InChI is InChI=1S/C16H25N3O2.ClH/c1-16(2,3)19-14(20)9-10-18-15(21)11-13(17)12-7-5-4-6-8-12;/h4-8,13H,9-11,17H2,1-3H3,(H,18,21)(H,19,20);1H. The lowest BCUT2D eigenvalue weighted by atomic mass is 10.0. The van der Waals surface area contributed by atoms with E-state index in [1.807, 2.05) is 51.1 Å². The molecule has 1 aromatic rings. The van der Waals surface area contributed by atoms with E-state index in [2.05, 4.69) is 10.6 Å². The number of amides is 2. The summed E-state index contributed by atoms with van der Waals surface area (Å²) >= 11 is 0. The van der Waals surface area contributed by atoms with Gasteiger partial charge in [0.2, 0.25) is 11.8 Å². The first kappa shape index (κ1) is 20.4. The van der Waals surface area contributed by atoms with Gasteiger partial charge in [-0.25, -0.2) is 0 Å². The minimum Gasteiger partial charge on any atom is -0.356 e. The topological polar surface area (TPSA) is 84.2 Å². The van der Waals surface area contributed by atoms with E-state index in [9.17, 15) is 9.59 Å². The Morgan fingerprint density at radius 3 is 2.27 bits per heavy atom. The highest BCUT2D eigenvalue weighted by atomic mass is 35.5. The van der Waals surface area contributed by atoms with Gasteiger partial charge < -0.3 is 16.4 Å². The molecule has 0 saturated carbocycles. The molecular formula is C16H26ClN3O2. The van der Waals surface area contributed by atoms with Crippen LogP contribution in [0, 0.1) is 0 Å². The molecule has 0 bridgehead atoms. The molecule has 4 N–H and O–H groups in total. The Morgan fingerprint density at radius 2 is 1.73 bits per heavy atom. The van der Waals surface area contributed by atoms with Crippen molar-refractivity contribution < 1.29 is 9.59 Å². The number of nitrogens with one attached hydrogen (secondary N) is 2. The fourth-order valence-corrected chi connectivity index (χ4v) is 1.89. The maximum atomic E-state index is 11.8. The molecule has 5 nitrogen and oxygen atoms in total. The molecule has 0 spiro atoms. The Labute approximate surface area is 138 Å². The van der Waals surface area contributed by atoms with Gasteiger partial charge in [-0.1, -0.05) is 30.3 Å². The smallest absolute Gasteiger partial charge is 0.222 e. The fourth-order valence-electron chi connectivity index (χ4n) is 1.89. The van der Waals surface area contributed by atoms with Gasteiger partial charge in [-0.05, 0) is 26.3 Å². The molecule has 1 unspecified atom stereocenters. The van der Waals surface area contributed by atoms with Crippen LogP contribution in [0.1, 0.15) is 45.2 Å². The largest absolute Gasteiger partial charge is 0.356 e. The molecule has 0 aliphatic heterocycles. The molecule has 2 amide bonds. The average Bonchev–Trinajstić information content (AvgIpc) is 2.37. The van der Waals surface area contributed by atoms with Crippen LogP contribution in [0.2, 0.25) is 0 Å². The van der Waals surface area contributed by atoms with Crippen LogP contribution in [0.25, 0.3) is 0 Å². The predicted octanol–water partition coefficient (Wildman–Crippen LogP) is 1.92. The Hall–Kier alpha value is -1.59. The lowest BCUT2D eigenvalue weighted by Gasteiger charge is -2.20. The summed E-state index contributed by atoms with van der Waals surface area (Å²) in [6.45, 7) is 6.08. The van der Waals surface area contributed by atoms with Crippen molar-refractivity contribution in [3.8, 4) is 0 Å². The van der Waals surface area contributed by atoms with E-state index in [1.165, 1.54) is 0 Å². The van der Waals surface area contributed by atoms with Crippen LogP contribution >= 0.6 is 12.4 Å². The molecule has 0 aliphatic carbocycles. The number of hydrogen-bond donors (Lipinski definition) is 3. The Bertz CT molecular complexity index is 472. The van der Waals surface area contributed by atoms with E-state index in [-0.39, 0.29) is 48.6 Å². The zero-order valence-electron chi connectivity index (χ0n) is 13.4. The number of rotatable bonds is 6. The Morgan fingerprint density at radius 1 is 1.14 bits per heavy atom. The van der Waals surface area contributed by atoms with E-state index < -0.39 is 0 Å². The second-order valence-electron chi connectivity index (χ2n) is 6.12. The van der Waals surface area contributed by atoms with Crippen molar-refractivity contribution in [3.63, 3.8) is 0 Å². The van der Waals surface area contributed by atoms with Gasteiger partial charge in [-0.15, -0.1) is 12.4 Å². The highest BCUT2D eigenvalue weighted by molar-refractivity contribution is 5.85. The third-order valence-electron chi connectivity index (χ3n) is 2.82. The van der Waals surface area contributed by atoms with Crippen molar-refractivity contribution in [3.05, 3.63) is 35.9 Å². The van der Waals surface area contributed by atoms with Crippen LogP contribution in [0.4, 0.5) is 0 Å². The molecule has 124 valence electrons. The summed E-state index contributed by atoms with van der Waals surface area (Å²) in [6.07, 6.45) is 0.481. The second kappa shape index (κ2) is 9.43. The molecular weight excluding hydrogens is 302 g/mol. The lowest BCUT2D eigenvalue weighted by Crippen LogP contribution is -2.42. The molecule has 0 fully saturated rings. The minimum atomic E-state index is -0.324. The van der Waals surface area contributed by atoms with Crippen molar-refractivity contribution in [2.45, 2.75) is 45.2 Å². The van der Waals surface area contributed by atoms with E-state index in [0.717, 1.165) is 5.56 Å². The van der Waals surface area contributed by atoms with Crippen molar-refractivity contribution in [2.75, 3.05) is 6.54 Å². The highest BCUT2D eigenvalue weighted by Crippen LogP contribution is 2.12. The number of benzene rings is 1. The summed E-state index contributed by atoms with van der Waals surface area (Å²) in [5.74, 6) is -0.218. The molecule has 1 aromatic carbocycles. The zero-order valence-corrected chi connectivity index (χ0v) is 14.2. The summed E-state index contributed by atoms with van der Waals surface area (Å²) in [6, 6.07) is 9.16. The molecule has 0 aromatic heterocycles. The summed E-state index contributed by atoms with van der Waals surface area (Å²) < 4.78 is 0. The number of halogens is 1. The molecule has 0 radical (unpaired) electrons. The molecule has 6 heteroatoms. The van der Waals surface area contributed by atoms with E-state index >= 15 is 0 Å². The first-order valence-electron chi connectivity index (χ1n) is 7.16. The molecule has 22 heavy (non-hydrogen) atoms. The maximum absolute atomic E-state index is 11.8. The van der Waals surface area contributed by atoms with E-state index in [0.29, 0.717) is 6.54 Å². The van der Waals surface area contributed by atoms with Gasteiger partial charge >= 0.3 is 0 Å². The average molecular weight is 328 g/mol. The SMILES string of the molecule is CC(C)(C)NC(=O)CCNC(=O)CC(N)c1ccccc1.Cl. The quantitative estimate of drug-likeness (QED) is 0.746. The first-order valence-corrected chi connectivity index (χ1v) is 7.16. The van der Waals surface area contributed by atoms with Gasteiger partial charge in [0.05, 0.1) is 0 Å². The van der Waals surface area contributed by atoms with E-state index in [4.69, 9.17) is 5.73 Å². The van der Waals surface area contributed by atoms with E-state index in [1.54, 1.807) is 0 Å². The highest BCUT2D eigenvalue weighted by Gasteiger charge is 2.14. The predicted molar refractivity (Wildman–Crippen MR) is 90.8 cm³/mol. The van der Waals surface area contributed by atoms with Gasteiger partial charge in [0, 0.05) is 31.0 Å². The summed E-state index contributed by atoms with van der Waals surface area (Å²) in [5, 5.41) is 5.56. The van der Waals surface area contributed by atoms with Crippen molar-refractivity contribution in [2.24, 2.45) is 5.73 Å². The third-order valence-corrected chi connectivity index (χ3v) is 2.82. The van der Waals surface area contributed by atoms with Crippen molar-refractivity contribution >= 4 is 24.2 Å². The normalized spacial score (nSPS) is 12.0. The van der Waals surface area contributed by atoms with Gasteiger partial charge in [-0.3, -0.25) is 9.59 Å². The lowest BCUT2D eigenvalue weighted by molar-refractivity contribution is -0.123. The molecule has 1 rings (SSSR count). The fraction of sp³-hybridized carbons (Fsp3) is 0.500. The van der Waals surface area contributed by atoms with Gasteiger partial charge in [-0.2, -0.15) is 0 Å². The van der Waals surface area contributed by atoms with Gasteiger partial charge in [0.15, 0.2) is 0 Å². The van der Waals surface area contributed by atoms with Crippen LogP contribution < -0.4 is 16.4 Å². The van der Waals surface area contributed by atoms with Crippen molar-refractivity contribution in [1.82, 2.24) is 10.6 Å². The van der Waals surface area contributed by atoms with Gasteiger partial charge in [0.1, 0.15) is 0 Å². The summed E-state index contributed by atoms with van der Waals surface area (Å²) in [4.78, 5) is 23.4. The maximum Gasteiger partial charge on any atom is 0.222 e. The number of carbonyl (C=O) groups is 2. The molecule has 0 saturated heterocycles. The molecule has 0 aliphatic rings. The van der Waals surface area contributed by atoms with Crippen molar-refractivity contribution in [1.29, 1.82) is 0 Å². The minimum absolute atomic E-state index is 0. The first-order chi connectivity index (χ1) is 9.78. The summed E-state index contributed by atoms with van der Waals surface area (Å²) in [7, 11) is 0. The molecule has 1 atom stereocenters. The summed E-state index contributed by atoms with van der Waals surface area (Å²) in [5.41, 5.74) is 6.65. The zero-order chi connectivity index (χ0) is 15.9. The van der Waals surface area contributed by atoms with Crippen LogP contribution in [0.5, 0.6) is 0 Å². The monoisotopic (exact) mass is 327 g/mol. The van der Waals surface area contributed by atoms with Crippen LogP contribution in [-0.2, 0) is 9.59 Å². The molecule has 0 heterocycles. The van der Waals surface area contributed by atoms with Crippen LogP contribution in [-0.4, -0.2) is 23.9 Å². The number of carbonyl (C=O) groups excluding carboxylic acids is 2. The Kier molecular flexibility index (Phi) is 8.75. The van der Waals surface area contributed by atoms with Crippen LogP contribution in [0.3, 0.4) is 0 Å². The Balaban J connectivity index is 0.00000441. The number of hydrogen-bond acceptors (Lipinski definition) is 3. The second-order valence-corrected chi connectivity index (χ2v) is 6.12. The van der Waals surface area contributed by atoms with Gasteiger partial charge in [0.25, 0.3) is 0 Å². The number of nitrogens with two attached hydrogens (primary N) is 1. The van der Waals surface area contributed by atoms with Crippen LogP contribution in [0.15, 0.2) is 30.3 Å². The third kappa shape index (κ3) is 8.64.